The first-order valence-corrected chi connectivity index (χ1v) is 9.71. The molecule has 0 aliphatic carbocycles. The molecule has 0 fully saturated rings. The number of aromatic amines is 1. The van der Waals surface area contributed by atoms with Crippen molar-refractivity contribution in [2.24, 2.45) is 0 Å². The minimum atomic E-state index is -0.360. The fourth-order valence-corrected chi connectivity index (χ4v) is 3.37. The van der Waals surface area contributed by atoms with Crippen LogP contribution in [0.4, 0.5) is 0 Å². The molecule has 0 saturated carbocycles. The van der Waals surface area contributed by atoms with Gasteiger partial charge in [0.1, 0.15) is 5.75 Å². The van der Waals surface area contributed by atoms with Crippen molar-refractivity contribution in [3.8, 4) is 5.75 Å². The minimum absolute atomic E-state index is 0.0947. The van der Waals surface area contributed by atoms with E-state index >= 15 is 0 Å². The summed E-state index contributed by atoms with van der Waals surface area (Å²) in [5, 5.41) is 4.40. The summed E-state index contributed by atoms with van der Waals surface area (Å²) in [6.07, 6.45) is 0.0947. The summed E-state index contributed by atoms with van der Waals surface area (Å²) in [7, 11) is 1.59. The standard InChI is InChI=1S/C22H23ClN2O4/c1-4-29-20(26)12-18-17-11-16(28-3)9-10-19(17)25-21(18)13(2)24-22(27)14-5-7-15(23)8-6-14/h5-11,13,25H,4,12H2,1-3H3,(H,24,27). The maximum Gasteiger partial charge on any atom is 0.310 e. The van der Waals surface area contributed by atoms with Crippen LogP contribution in [0.25, 0.3) is 10.9 Å². The number of ether oxygens (including phenoxy) is 2. The number of fused-ring (bicyclic) bond motifs is 1. The van der Waals surface area contributed by atoms with Gasteiger partial charge in [0.15, 0.2) is 0 Å². The molecule has 152 valence electrons. The Balaban J connectivity index is 1.94. The van der Waals surface area contributed by atoms with Gasteiger partial charge in [0, 0.05) is 27.2 Å². The van der Waals surface area contributed by atoms with Gasteiger partial charge in [-0.1, -0.05) is 11.6 Å². The van der Waals surface area contributed by atoms with E-state index in [0.717, 1.165) is 22.2 Å². The molecule has 1 atom stereocenters. The van der Waals surface area contributed by atoms with Gasteiger partial charge in [0.2, 0.25) is 0 Å². The molecule has 7 heteroatoms. The van der Waals surface area contributed by atoms with Gasteiger partial charge >= 0.3 is 5.97 Å². The number of hydrogen-bond donors (Lipinski definition) is 2. The number of esters is 1. The van der Waals surface area contributed by atoms with Crippen molar-refractivity contribution in [3.63, 3.8) is 0 Å². The van der Waals surface area contributed by atoms with E-state index in [1.54, 1.807) is 38.3 Å². The fourth-order valence-electron chi connectivity index (χ4n) is 3.24. The highest BCUT2D eigenvalue weighted by Crippen LogP contribution is 2.30. The number of H-pyrrole nitrogens is 1. The number of carbonyl (C=O) groups is 2. The first-order chi connectivity index (χ1) is 13.9. The highest BCUT2D eigenvalue weighted by atomic mass is 35.5. The van der Waals surface area contributed by atoms with Crippen molar-refractivity contribution < 1.29 is 19.1 Å². The van der Waals surface area contributed by atoms with Crippen LogP contribution >= 0.6 is 11.6 Å². The molecule has 3 aromatic rings. The van der Waals surface area contributed by atoms with Crippen LogP contribution in [-0.2, 0) is 16.0 Å². The molecule has 0 spiro atoms. The SMILES string of the molecule is CCOC(=O)Cc1c(C(C)NC(=O)c2ccc(Cl)cc2)[nH]c2ccc(OC)cc12. The van der Waals surface area contributed by atoms with Crippen LogP contribution in [0.5, 0.6) is 5.75 Å². The Morgan fingerprint density at radius 2 is 1.90 bits per heavy atom. The summed E-state index contributed by atoms with van der Waals surface area (Å²) in [6, 6.07) is 11.9. The van der Waals surface area contributed by atoms with E-state index in [1.807, 2.05) is 25.1 Å². The summed E-state index contributed by atoms with van der Waals surface area (Å²) in [5.74, 6) is 0.132. The number of carbonyl (C=O) groups excluding carboxylic acids is 2. The lowest BCUT2D eigenvalue weighted by Gasteiger charge is -2.15. The molecule has 0 saturated heterocycles. The molecule has 0 bridgehead atoms. The van der Waals surface area contributed by atoms with E-state index < -0.39 is 0 Å². The van der Waals surface area contributed by atoms with Crippen molar-refractivity contribution in [2.75, 3.05) is 13.7 Å². The molecule has 1 heterocycles. The Bertz CT molecular complexity index is 1030. The molecular formula is C22H23ClN2O4. The Labute approximate surface area is 174 Å². The number of rotatable bonds is 7. The van der Waals surface area contributed by atoms with Crippen LogP contribution in [0.3, 0.4) is 0 Å². The normalized spacial score (nSPS) is 11.9. The molecule has 0 aliphatic rings. The average Bonchev–Trinajstić information content (AvgIpc) is 3.06. The van der Waals surface area contributed by atoms with E-state index in [1.165, 1.54) is 0 Å². The molecule has 2 N–H and O–H groups in total. The maximum absolute atomic E-state index is 12.6. The lowest BCUT2D eigenvalue weighted by molar-refractivity contribution is -0.142. The number of benzene rings is 2. The molecule has 0 radical (unpaired) electrons. The first kappa shape index (κ1) is 20.7. The minimum Gasteiger partial charge on any atom is -0.497 e. The number of halogens is 1. The third-order valence-electron chi connectivity index (χ3n) is 4.66. The van der Waals surface area contributed by atoms with Crippen LogP contribution in [-0.4, -0.2) is 30.6 Å². The van der Waals surface area contributed by atoms with E-state index in [9.17, 15) is 9.59 Å². The van der Waals surface area contributed by atoms with Crippen molar-refractivity contribution in [1.29, 1.82) is 0 Å². The van der Waals surface area contributed by atoms with Gasteiger partial charge in [-0.15, -0.1) is 0 Å². The fraction of sp³-hybridized carbons (Fsp3) is 0.273. The van der Waals surface area contributed by atoms with Crippen LogP contribution in [0, 0.1) is 0 Å². The second-order valence-corrected chi connectivity index (χ2v) is 7.05. The van der Waals surface area contributed by atoms with Crippen molar-refractivity contribution in [2.45, 2.75) is 26.3 Å². The highest BCUT2D eigenvalue weighted by molar-refractivity contribution is 6.30. The Kier molecular flexibility index (Phi) is 6.44. The van der Waals surface area contributed by atoms with E-state index in [-0.39, 0.29) is 24.3 Å². The zero-order valence-electron chi connectivity index (χ0n) is 16.5. The lowest BCUT2D eigenvalue weighted by atomic mass is 10.0. The van der Waals surface area contributed by atoms with Gasteiger partial charge in [-0.05, 0) is 61.9 Å². The van der Waals surface area contributed by atoms with Crippen molar-refractivity contribution in [3.05, 3.63) is 64.3 Å². The van der Waals surface area contributed by atoms with Gasteiger partial charge in [0.05, 0.1) is 26.2 Å². The summed E-state index contributed by atoms with van der Waals surface area (Å²) in [6.45, 7) is 3.94. The van der Waals surface area contributed by atoms with Crippen LogP contribution in [0.15, 0.2) is 42.5 Å². The molecule has 2 aromatic carbocycles. The number of hydrogen-bond acceptors (Lipinski definition) is 4. The predicted octanol–water partition coefficient (Wildman–Crippen LogP) is 4.43. The Morgan fingerprint density at radius 1 is 1.17 bits per heavy atom. The van der Waals surface area contributed by atoms with Crippen LogP contribution < -0.4 is 10.1 Å². The molecule has 1 aromatic heterocycles. The molecule has 1 amide bonds. The molecule has 29 heavy (non-hydrogen) atoms. The van der Waals surface area contributed by atoms with Crippen molar-refractivity contribution >= 4 is 34.4 Å². The van der Waals surface area contributed by atoms with Gasteiger partial charge in [-0.25, -0.2) is 0 Å². The quantitative estimate of drug-likeness (QED) is 0.560. The lowest BCUT2D eigenvalue weighted by Crippen LogP contribution is -2.27. The Hall–Kier alpha value is -2.99. The third-order valence-corrected chi connectivity index (χ3v) is 4.91. The summed E-state index contributed by atoms with van der Waals surface area (Å²) in [5.41, 5.74) is 2.89. The van der Waals surface area contributed by atoms with Gasteiger partial charge in [0.25, 0.3) is 5.91 Å². The van der Waals surface area contributed by atoms with Gasteiger partial charge in [-0.2, -0.15) is 0 Å². The maximum atomic E-state index is 12.6. The highest BCUT2D eigenvalue weighted by Gasteiger charge is 2.21. The van der Waals surface area contributed by atoms with E-state index in [2.05, 4.69) is 10.3 Å². The summed E-state index contributed by atoms with van der Waals surface area (Å²) in [4.78, 5) is 28.1. The zero-order chi connectivity index (χ0) is 21.0. The van der Waals surface area contributed by atoms with Gasteiger partial charge in [-0.3, -0.25) is 9.59 Å². The predicted molar refractivity (Wildman–Crippen MR) is 113 cm³/mol. The van der Waals surface area contributed by atoms with Crippen LogP contribution in [0.1, 0.15) is 41.5 Å². The number of methoxy groups -OCH3 is 1. The van der Waals surface area contributed by atoms with E-state index in [0.29, 0.717) is 22.9 Å². The number of aromatic nitrogens is 1. The smallest absolute Gasteiger partial charge is 0.310 e. The zero-order valence-corrected chi connectivity index (χ0v) is 17.3. The first-order valence-electron chi connectivity index (χ1n) is 9.33. The molecule has 3 rings (SSSR count). The van der Waals surface area contributed by atoms with Crippen molar-refractivity contribution in [1.82, 2.24) is 10.3 Å². The monoisotopic (exact) mass is 414 g/mol. The second kappa shape index (κ2) is 9.01. The van der Waals surface area contributed by atoms with Gasteiger partial charge < -0.3 is 19.8 Å². The molecule has 0 aliphatic heterocycles. The van der Waals surface area contributed by atoms with Crippen LogP contribution in [0.2, 0.25) is 5.02 Å². The Morgan fingerprint density at radius 3 is 2.55 bits per heavy atom. The topological polar surface area (TPSA) is 80.4 Å². The van der Waals surface area contributed by atoms with E-state index in [4.69, 9.17) is 21.1 Å². The second-order valence-electron chi connectivity index (χ2n) is 6.61. The summed E-state index contributed by atoms with van der Waals surface area (Å²) >= 11 is 5.89. The third kappa shape index (κ3) is 4.71. The average molecular weight is 415 g/mol. The summed E-state index contributed by atoms with van der Waals surface area (Å²) < 4.78 is 10.5. The molecular weight excluding hydrogens is 392 g/mol. The number of nitrogens with one attached hydrogen (secondary N) is 2. The molecule has 6 nitrogen and oxygen atoms in total. The number of amides is 1. The largest absolute Gasteiger partial charge is 0.497 e. The molecule has 1 unspecified atom stereocenters.